The van der Waals surface area contributed by atoms with Gasteiger partial charge in [-0.25, -0.2) is 0 Å². The molecule has 3 aromatic carbocycles. The van der Waals surface area contributed by atoms with E-state index in [4.69, 9.17) is 9.47 Å². The fraction of sp³-hybridized carbons (Fsp3) is 0.125. The molecule has 33 heavy (non-hydrogen) atoms. The molecule has 1 aromatic heterocycles. The maximum atomic E-state index is 12.5. The first kappa shape index (κ1) is 21.5. The van der Waals surface area contributed by atoms with Crippen molar-refractivity contribution in [1.29, 1.82) is 0 Å². The second-order valence-corrected chi connectivity index (χ2v) is 9.18. The normalized spacial score (nSPS) is 12.0. The molecule has 1 N–H and O–H groups in total. The van der Waals surface area contributed by atoms with Gasteiger partial charge in [0.2, 0.25) is 12.7 Å². The fourth-order valence-electron chi connectivity index (χ4n) is 3.42. The molecule has 1 aliphatic rings. The van der Waals surface area contributed by atoms with Gasteiger partial charge in [0.25, 0.3) is 0 Å². The van der Waals surface area contributed by atoms with Crippen molar-refractivity contribution in [3.63, 3.8) is 0 Å². The van der Waals surface area contributed by atoms with E-state index in [0.717, 1.165) is 26.7 Å². The van der Waals surface area contributed by atoms with Crippen molar-refractivity contribution in [2.75, 3.05) is 17.9 Å². The van der Waals surface area contributed by atoms with Crippen LogP contribution in [0.3, 0.4) is 0 Å². The number of carbonyl (C=O) groups is 1. The Balaban J connectivity index is 1.30. The van der Waals surface area contributed by atoms with Crippen LogP contribution in [0.15, 0.2) is 82.4 Å². The van der Waals surface area contributed by atoms with Crippen LogP contribution < -0.4 is 14.8 Å². The molecule has 0 saturated heterocycles. The molecule has 0 aliphatic carbocycles. The van der Waals surface area contributed by atoms with Crippen LogP contribution >= 0.6 is 27.7 Å². The predicted molar refractivity (Wildman–Crippen MR) is 131 cm³/mol. The van der Waals surface area contributed by atoms with Crippen LogP contribution in [0.1, 0.15) is 6.42 Å². The van der Waals surface area contributed by atoms with Crippen LogP contribution in [-0.2, 0) is 4.79 Å². The summed E-state index contributed by atoms with van der Waals surface area (Å²) in [5.74, 6) is 2.54. The zero-order chi connectivity index (χ0) is 22.6. The van der Waals surface area contributed by atoms with Gasteiger partial charge in [-0.1, -0.05) is 58.0 Å². The van der Waals surface area contributed by atoms with Crippen LogP contribution in [-0.4, -0.2) is 33.2 Å². The lowest BCUT2D eigenvalue weighted by atomic mass is 10.2. The lowest BCUT2D eigenvalue weighted by Crippen LogP contribution is -2.12. The smallest absolute Gasteiger partial charge is 0.231 e. The van der Waals surface area contributed by atoms with Crippen molar-refractivity contribution >= 4 is 39.3 Å². The first-order chi connectivity index (χ1) is 16.2. The van der Waals surface area contributed by atoms with Crippen LogP contribution in [0.25, 0.3) is 17.1 Å². The molecule has 1 amide bonds. The Morgan fingerprint density at radius 3 is 2.70 bits per heavy atom. The Morgan fingerprint density at radius 1 is 1.00 bits per heavy atom. The molecule has 5 rings (SSSR count). The lowest BCUT2D eigenvalue weighted by Gasteiger charge is -2.10. The molecule has 0 atom stereocenters. The first-order valence-corrected chi connectivity index (χ1v) is 12.0. The van der Waals surface area contributed by atoms with Crippen molar-refractivity contribution < 1.29 is 14.3 Å². The topological polar surface area (TPSA) is 78.3 Å². The summed E-state index contributed by atoms with van der Waals surface area (Å²) in [7, 11) is 0. The van der Waals surface area contributed by atoms with Gasteiger partial charge in [0.15, 0.2) is 22.5 Å². The highest BCUT2D eigenvalue weighted by atomic mass is 79.9. The number of halogens is 1. The molecule has 7 nitrogen and oxygen atoms in total. The molecule has 9 heteroatoms. The third kappa shape index (κ3) is 4.89. The number of hydrogen-bond donors (Lipinski definition) is 1. The maximum Gasteiger partial charge on any atom is 0.231 e. The van der Waals surface area contributed by atoms with Crippen molar-refractivity contribution in [3.05, 3.63) is 77.3 Å². The van der Waals surface area contributed by atoms with Gasteiger partial charge in [-0.15, -0.1) is 10.2 Å². The third-order valence-electron chi connectivity index (χ3n) is 4.95. The third-order valence-corrected chi connectivity index (χ3v) is 6.37. The molecule has 0 radical (unpaired) electrons. The van der Waals surface area contributed by atoms with Crippen LogP contribution in [0.4, 0.5) is 5.69 Å². The average Bonchev–Trinajstić information content (AvgIpc) is 3.46. The number of thioether (sulfide) groups is 1. The Hall–Kier alpha value is -3.30. The van der Waals surface area contributed by atoms with Crippen LogP contribution in [0.5, 0.6) is 11.5 Å². The van der Waals surface area contributed by atoms with E-state index in [1.54, 1.807) is 18.2 Å². The quantitative estimate of drug-likeness (QED) is 0.320. The zero-order valence-corrected chi connectivity index (χ0v) is 19.8. The molecule has 0 unspecified atom stereocenters. The molecule has 0 saturated carbocycles. The minimum atomic E-state index is -0.0839. The number of carbonyl (C=O) groups excluding carboxylic acids is 1. The van der Waals surface area contributed by atoms with Gasteiger partial charge < -0.3 is 14.8 Å². The number of hydrogen-bond acceptors (Lipinski definition) is 6. The number of nitrogens with one attached hydrogen (secondary N) is 1. The summed E-state index contributed by atoms with van der Waals surface area (Å²) in [5, 5.41) is 12.5. The second kappa shape index (κ2) is 9.68. The maximum absolute atomic E-state index is 12.5. The fourth-order valence-corrected chi connectivity index (χ4v) is 4.71. The summed E-state index contributed by atoms with van der Waals surface area (Å²) >= 11 is 5.02. The molecule has 0 bridgehead atoms. The van der Waals surface area contributed by atoms with E-state index in [9.17, 15) is 4.79 Å². The Kier molecular flexibility index (Phi) is 6.32. The van der Waals surface area contributed by atoms with Crippen LogP contribution in [0, 0.1) is 0 Å². The SMILES string of the molecule is O=C(CCSc1nnc(-c2cccc(Br)c2)n1-c1ccccc1)Nc1ccc2c(c1)OCO2. The summed E-state index contributed by atoms with van der Waals surface area (Å²) in [6.45, 7) is 0.202. The monoisotopic (exact) mass is 522 g/mol. The van der Waals surface area contributed by atoms with Gasteiger partial charge in [0.1, 0.15) is 0 Å². The summed E-state index contributed by atoms with van der Waals surface area (Å²) < 4.78 is 13.7. The summed E-state index contributed by atoms with van der Waals surface area (Å²) in [6.07, 6.45) is 0.326. The van der Waals surface area contributed by atoms with E-state index in [1.165, 1.54) is 11.8 Å². The highest BCUT2D eigenvalue weighted by molar-refractivity contribution is 9.10. The molecule has 166 valence electrons. The first-order valence-electron chi connectivity index (χ1n) is 10.3. The van der Waals surface area contributed by atoms with Crippen molar-refractivity contribution in [3.8, 4) is 28.6 Å². The summed E-state index contributed by atoms with van der Waals surface area (Å²) in [5.41, 5.74) is 2.59. The number of aromatic nitrogens is 3. The van der Waals surface area contributed by atoms with E-state index in [0.29, 0.717) is 29.4 Å². The minimum Gasteiger partial charge on any atom is -0.454 e. The highest BCUT2D eigenvalue weighted by Crippen LogP contribution is 2.34. The van der Waals surface area contributed by atoms with E-state index >= 15 is 0 Å². The zero-order valence-electron chi connectivity index (χ0n) is 17.4. The number of amides is 1. The average molecular weight is 523 g/mol. The molecule has 0 fully saturated rings. The van der Waals surface area contributed by atoms with E-state index < -0.39 is 0 Å². The molecule has 4 aromatic rings. The number of ether oxygens (including phenoxy) is 2. The Morgan fingerprint density at radius 2 is 1.85 bits per heavy atom. The largest absolute Gasteiger partial charge is 0.454 e. The van der Waals surface area contributed by atoms with Gasteiger partial charge in [0.05, 0.1) is 0 Å². The van der Waals surface area contributed by atoms with Gasteiger partial charge in [-0.3, -0.25) is 9.36 Å². The Bertz CT molecular complexity index is 1300. The van der Waals surface area contributed by atoms with E-state index in [2.05, 4.69) is 31.4 Å². The predicted octanol–water partition coefficient (Wildman–Crippen LogP) is 5.55. The molecule has 2 heterocycles. The lowest BCUT2D eigenvalue weighted by molar-refractivity contribution is -0.115. The number of anilines is 1. The van der Waals surface area contributed by atoms with Gasteiger partial charge >= 0.3 is 0 Å². The second-order valence-electron chi connectivity index (χ2n) is 7.20. The molecule has 1 aliphatic heterocycles. The van der Waals surface area contributed by atoms with Crippen molar-refractivity contribution in [1.82, 2.24) is 14.8 Å². The molecular formula is C24H19BrN4O3S. The molecular weight excluding hydrogens is 504 g/mol. The number of nitrogens with zero attached hydrogens (tertiary/aromatic N) is 3. The van der Waals surface area contributed by atoms with Gasteiger partial charge in [-0.2, -0.15) is 0 Å². The van der Waals surface area contributed by atoms with Crippen molar-refractivity contribution in [2.24, 2.45) is 0 Å². The van der Waals surface area contributed by atoms with Gasteiger partial charge in [0, 0.05) is 39.7 Å². The highest BCUT2D eigenvalue weighted by Gasteiger charge is 2.17. The molecule has 0 spiro atoms. The summed E-state index contributed by atoms with van der Waals surface area (Å²) in [4.78, 5) is 12.5. The Labute approximate surface area is 203 Å². The number of rotatable bonds is 7. The van der Waals surface area contributed by atoms with E-state index in [-0.39, 0.29) is 12.7 Å². The van der Waals surface area contributed by atoms with E-state index in [1.807, 2.05) is 59.2 Å². The number of para-hydroxylation sites is 1. The summed E-state index contributed by atoms with van der Waals surface area (Å²) in [6, 6.07) is 23.3. The van der Waals surface area contributed by atoms with Crippen LogP contribution in [0.2, 0.25) is 0 Å². The number of benzene rings is 3. The standard InChI is InChI=1S/C24H19BrN4O3S/c25-17-6-4-5-16(13-17)23-27-28-24(29(23)19-7-2-1-3-8-19)33-12-11-22(30)26-18-9-10-20-21(14-18)32-15-31-20/h1-10,13-14H,11-12,15H2,(H,26,30). The van der Waals surface area contributed by atoms with Gasteiger partial charge in [-0.05, 0) is 36.4 Å². The van der Waals surface area contributed by atoms with Crippen molar-refractivity contribution in [2.45, 2.75) is 11.6 Å². The minimum absolute atomic E-state index is 0.0839. The number of fused-ring (bicyclic) bond motifs is 1.